The molecular formula is C30H31N3O4. The number of ether oxygens (including phenoxy) is 2. The molecule has 3 aromatic carbocycles. The zero-order valence-corrected chi connectivity index (χ0v) is 21.1. The van der Waals surface area contributed by atoms with Crippen LogP contribution < -0.4 is 9.47 Å². The van der Waals surface area contributed by atoms with Crippen molar-refractivity contribution in [1.82, 2.24) is 15.1 Å². The van der Waals surface area contributed by atoms with Crippen LogP contribution in [0.15, 0.2) is 72.8 Å². The second-order valence-corrected chi connectivity index (χ2v) is 9.15. The van der Waals surface area contributed by atoms with Crippen LogP contribution in [0.25, 0.3) is 11.3 Å². The number of rotatable bonds is 10. The third-order valence-electron chi connectivity index (χ3n) is 6.76. The van der Waals surface area contributed by atoms with Crippen molar-refractivity contribution in [1.29, 1.82) is 0 Å². The Hall–Kier alpha value is -4.26. The number of amides is 1. The van der Waals surface area contributed by atoms with E-state index in [4.69, 9.17) is 9.47 Å². The monoisotopic (exact) mass is 497 g/mol. The molecule has 0 saturated heterocycles. The van der Waals surface area contributed by atoms with Crippen molar-refractivity contribution in [3.8, 4) is 28.5 Å². The minimum absolute atomic E-state index is 0.111. The van der Waals surface area contributed by atoms with Crippen LogP contribution in [0.2, 0.25) is 0 Å². The van der Waals surface area contributed by atoms with Crippen LogP contribution in [0.4, 0.5) is 0 Å². The maximum atomic E-state index is 13.7. The molecule has 4 aromatic rings. The van der Waals surface area contributed by atoms with Crippen LogP contribution in [0, 0.1) is 0 Å². The molecule has 0 saturated carbocycles. The van der Waals surface area contributed by atoms with Crippen molar-refractivity contribution in [3.05, 3.63) is 95.2 Å². The number of carbonyl (C=O) groups is 1. The molecule has 0 aliphatic carbocycles. The van der Waals surface area contributed by atoms with Crippen molar-refractivity contribution < 1.29 is 19.4 Å². The number of nitrogens with zero attached hydrogens (tertiary/aromatic N) is 2. The standard InChI is InChI=1S/C30H31N3O4/c1-3-4-18-37-23-9-7-8-21(19-23)29-26-27(24-10-5-6-11-25(24)34)31-32-28(26)30(35)33(29)17-16-20-12-14-22(36-2)15-13-20/h5-15,19,29,34H,3-4,16-18H2,1-2H3,(H,31,32)/t29-/m1/s1. The van der Waals surface area contributed by atoms with Gasteiger partial charge in [-0.25, -0.2) is 0 Å². The lowest BCUT2D eigenvalue weighted by Crippen LogP contribution is -2.31. The molecule has 2 N–H and O–H groups in total. The van der Waals surface area contributed by atoms with E-state index in [1.165, 1.54) is 0 Å². The summed E-state index contributed by atoms with van der Waals surface area (Å²) in [4.78, 5) is 15.5. The fraction of sp³-hybridized carbons (Fsp3) is 0.267. The number of unbranched alkanes of at least 4 members (excludes halogenated alkanes) is 1. The van der Waals surface area contributed by atoms with Gasteiger partial charge in [-0.2, -0.15) is 5.10 Å². The Labute approximate surface area is 216 Å². The van der Waals surface area contributed by atoms with E-state index < -0.39 is 0 Å². The molecule has 0 unspecified atom stereocenters. The van der Waals surface area contributed by atoms with Crippen LogP contribution in [0.5, 0.6) is 17.2 Å². The average molecular weight is 498 g/mol. The van der Waals surface area contributed by atoms with Gasteiger partial charge in [-0.05, 0) is 60.4 Å². The third-order valence-corrected chi connectivity index (χ3v) is 6.76. The maximum absolute atomic E-state index is 13.7. The van der Waals surface area contributed by atoms with Gasteiger partial charge in [0.2, 0.25) is 0 Å². The molecule has 0 bridgehead atoms. The van der Waals surface area contributed by atoms with Crippen LogP contribution in [-0.4, -0.2) is 46.4 Å². The van der Waals surface area contributed by atoms with Crippen LogP contribution >= 0.6 is 0 Å². The predicted molar refractivity (Wildman–Crippen MR) is 142 cm³/mol. The average Bonchev–Trinajstić information content (AvgIpc) is 3.47. The lowest BCUT2D eigenvalue weighted by atomic mass is 9.95. The van der Waals surface area contributed by atoms with E-state index in [9.17, 15) is 9.90 Å². The van der Waals surface area contributed by atoms with Gasteiger partial charge in [0.1, 0.15) is 28.6 Å². The van der Waals surface area contributed by atoms with Crippen molar-refractivity contribution in [3.63, 3.8) is 0 Å². The molecule has 37 heavy (non-hydrogen) atoms. The minimum Gasteiger partial charge on any atom is -0.507 e. The second-order valence-electron chi connectivity index (χ2n) is 9.15. The van der Waals surface area contributed by atoms with Gasteiger partial charge < -0.3 is 19.5 Å². The van der Waals surface area contributed by atoms with Gasteiger partial charge >= 0.3 is 0 Å². The van der Waals surface area contributed by atoms with Gasteiger partial charge in [-0.15, -0.1) is 0 Å². The number of aromatic nitrogens is 2. The number of nitrogens with one attached hydrogen (secondary N) is 1. The molecule has 0 spiro atoms. The van der Waals surface area contributed by atoms with E-state index in [1.807, 2.05) is 65.6 Å². The molecular weight excluding hydrogens is 466 g/mol. The molecule has 1 aliphatic heterocycles. The van der Waals surface area contributed by atoms with Crippen molar-refractivity contribution in [2.24, 2.45) is 0 Å². The van der Waals surface area contributed by atoms with Gasteiger partial charge in [0, 0.05) is 17.7 Å². The SMILES string of the molecule is CCCCOc1cccc([C@@H]2c3c(-c4ccccc4O)n[nH]c3C(=O)N2CCc2ccc(OC)cc2)c1. The smallest absolute Gasteiger partial charge is 0.273 e. The molecule has 5 rings (SSSR count). The number of H-pyrrole nitrogens is 1. The summed E-state index contributed by atoms with van der Waals surface area (Å²) in [6.45, 7) is 3.29. The molecule has 0 radical (unpaired) electrons. The number of aromatic amines is 1. The molecule has 0 fully saturated rings. The van der Waals surface area contributed by atoms with Gasteiger partial charge in [-0.3, -0.25) is 9.89 Å². The lowest BCUT2D eigenvalue weighted by molar-refractivity contribution is 0.0745. The summed E-state index contributed by atoms with van der Waals surface area (Å²) in [6.07, 6.45) is 2.71. The molecule has 7 heteroatoms. The summed E-state index contributed by atoms with van der Waals surface area (Å²) < 4.78 is 11.3. The number of phenolic OH excluding ortho intramolecular Hbond substituents is 1. The van der Waals surface area contributed by atoms with Crippen molar-refractivity contribution >= 4 is 5.91 Å². The Bertz CT molecular complexity index is 1380. The van der Waals surface area contributed by atoms with Crippen molar-refractivity contribution in [2.75, 3.05) is 20.3 Å². The highest BCUT2D eigenvalue weighted by Gasteiger charge is 2.42. The minimum atomic E-state index is -0.371. The molecule has 1 aromatic heterocycles. The van der Waals surface area contributed by atoms with E-state index in [-0.39, 0.29) is 17.7 Å². The molecule has 1 atom stereocenters. The van der Waals surface area contributed by atoms with E-state index in [0.29, 0.717) is 36.5 Å². The number of carbonyl (C=O) groups excluding carboxylic acids is 1. The Kier molecular flexibility index (Phi) is 7.12. The number of methoxy groups -OCH3 is 1. The van der Waals surface area contributed by atoms with E-state index in [2.05, 4.69) is 17.1 Å². The van der Waals surface area contributed by atoms with Gasteiger partial charge in [0.15, 0.2) is 0 Å². The number of benzene rings is 3. The van der Waals surface area contributed by atoms with Crippen LogP contribution in [0.3, 0.4) is 0 Å². The number of para-hydroxylation sites is 1. The Morgan fingerprint density at radius 2 is 1.84 bits per heavy atom. The topological polar surface area (TPSA) is 87.7 Å². The summed E-state index contributed by atoms with van der Waals surface area (Å²) in [5.74, 6) is 1.58. The first-order chi connectivity index (χ1) is 18.1. The summed E-state index contributed by atoms with van der Waals surface area (Å²) in [5.41, 5.74) is 4.44. The Morgan fingerprint density at radius 3 is 2.59 bits per heavy atom. The number of hydrogen-bond acceptors (Lipinski definition) is 5. The largest absolute Gasteiger partial charge is 0.507 e. The number of fused-ring (bicyclic) bond motifs is 1. The van der Waals surface area contributed by atoms with E-state index in [0.717, 1.165) is 41.0 Å². The summed E-state index contributed by atoms with van der Waals surface area (Å²) >= 11 is 0. The third kappa shape index (κ3) is 4.89. The fourth-order valence-corrected chi connectivity index (χ4v) is 4.80. The quantitative estimate of drug-likeness (QED) is 0.272. The Balaban J connectivity index is 1.53. The zero-order valence-electron chi connectivity index (χ0n) is 21.1. The Morgan fingerprint density at radius 1 is 1.03 bits per heavy atom. The van der Waals surface area contributed by atoms with Crippen LogP contribution in [-0.2, 0) is 6.42 Å². The first-order valence-electron chi connectivity index (χ1n) is 12.6. The zero-order chi connectivity index (χ0) is 25.8. The van der Waals surface area contributed by atoms with Crippen molar-refractivity contribution in [2.45, 2.75) is 32.2 Å². The summed E-state index contributed by atoms with van der Waals surface area (Å²) in [6, 6.07) is 22.5. The normalized spacial score (nSPS) is 14.6. The summed E-state index contributed by atoms with van der Waals surface area (Å²) in [7, 11) is 1.65. The molecule has 1 aliphatic rings. The second kappa shape index (κ2) is 10.8. The van der Waals surface area contributed by atoms with Gasteiger partial charge in [-0.1, -0.05) is 49.7 Å². The maximum Gasteiger partial charge on any atom is 0.273 e. The van der Waals surface area contributed by atoms with Crippen LogP contribution in [0.1, 0.15) is 53.0 Å². The highest BCUT2D eigenvalue weighted by Crippen LogP contribution is 2.44. The highest BCUT2D eigenvalue weighted by molar-refractivity contribution is 6.00. The lowest BCUT2D eigenvalue weighted by Gasteiger charge is -2.27. The number of hydrogen-bond donors (Lipinski definition) is 2. The van der Waals surface area contributed by atoms with Gasteiger partial charge in [0.25, 0.3) is 5.91 Å². The number of aromatic hydroxyl groups is 1. The molecule has 2 heterocycles. The molecule has 190 valence electrons. The highest BCUT2D eigenvalue weighted by atomic mass is 16.5. The molecule has 7 nitrogen and oxygen atoms in total. The molecule has 1 amide bonds. The predicted octanol–water partition coefficient (Wildman–Crippen LogP) is 5.76. The van der Waals surface area contributed by atoms with E-state index >= 15 is 0 Å². The van der Waals surface area contributed by atoms with Gasteiger partial charge in [0.05, 0.1) is 19.8 Å². The summed E-state index contributed by atoms with van der Waals surface area (Å²) in [5, 5.41) is 18.0. The van der Waals surface area contributed by atoms with E-state index in [1.54, 1.807) is 19.2 Å². The fourth-order valence-electron chi connectivity index (χ4n) is 4.80. The number of phenols is 1. The first kappa shape index (κ1) is 24.4. The first-order valence-corrected chi connectivity index (χ1v) is 12.6.